The maximum absolute atomic E-state index is 9.83. The van der Waals surface area contributed by atoms with Crippen molar-refractivity contribution in [2.75, 3.05) is 18.0 Å². The molecule has 0 spiro atoms. The lowest BCUT2D eigenvalue weighted by Gasteiger charge is -2.34. The number of imidazole rings is 1. The van der Waals surface area contributed by atoms with Crippen LogP contribution in [0.1, 0.15) is 36.5 Å². The Hall–Kier alpha value is -2.80. The average molecular weight is 344 g/mol. The van der Waals surface area contributed by atoms with E-state index >= 15 is 0 Å². The zero-order valence-corrected chi connectivity index (χ0v) is 15.5. The van der Waals surface area contributed by atoms with Gasteiger partial charge < -0.3 is 4.90 Å². The van der Waals surface area contributed by atoms with Gasteiger partial charge in [0, 0.05) is 18.7 Å². The number of hydrogen-bond acceptors (Lipinski definition) is 3. The third-order valence-electron chi connectivity index (χ3n) is 5.64. The Bertz CT molecular complexity index is 1030. The Morgan fingerprint density at radius 2 is 2.04 bits per heavy atom. The van der Waals surface area contributed by atoms with Gasteiger partial charge in [0.25, 0.3) is 0 Å². The van der Waals surface area contributed by atoms with Crippen LogP contribution in [-0.2, 0) is 6.42 Å². The quantitative estimate of drug-likeness (QED) is 0.651. The Balaban J connectivity index is 2.10. The van der Waals surface area contributed by atoms with Crippen molar-refractivity contribution in [1.82, 2.24) is 9.38 Å². The first-order valence-corrected chi connectivity index (χ1v) is 9.34. The van der Waals surface area contributed by atoms with Crippen LogP contribution in [0.2, 0.25) is 0 Å². The van der Waals surface area contributed by atoms with Crippen LogP contribution in [0.3, 0.4) is 0 Å². The van der Waals surface area contributed by atoms with Gasteiger partial charge in [-0.05, 0) is 49.8 Å². The lowest BCUT2D eigenvalue weighted by molar-refractivity contribution is 0.435. The molecule has 3 heterocycles. The van der Waals surface area contributed by atoms with E-state index in [-0.39, 0.29) is 0 Å². The van der Waals surface area contributed by atoms with Crippen LogP contribution in [0.4, 0.5) is 5.82 Å². The monoisotopic (exact) mass is 344 g/mol. The van der Waals surface area contributed by atoms with Crippen molar-refractivity contribution in [2.24, 2.45) is 5.92 Å². The lowest BCUT2D eigenvalue weighted by atomic mass is 9.96. The molecule has 3 aromatic rings. The molecule has 2 aromatic heterocycles. The van der Waals surface area contributed by atoms with Crippen molar-refractivity contribution in [3.05, 3.63) is 53.6 Å². The molecule has 132 valence electrons. The molecule has 0 N–H and O–H groups in total. The van der Waals surface area contributed by atoms with Crippen LogP contribution < -0.4 is 4.90 Å². The Morgan fingerprint density at radius 1 is 1.31 bits per heavy atom. The second-order valence-corrected chi connectivity index (χ2v) is 7.34. The maximum Gasteiger partial charge on any atom is 0.157 e. The fraction of sp³-hybridized carbons (Fsp3) is 0.364. The highest BCUT2D eigenvalue weighted by Gasteiger charge is 2.25. The summed E-state index contributed by atoms with van der Waals surface area (Å²) in [5, 5.41) is 9.83. The van der Waals surface area contributed by atoms with Gasteiger partial charge in [0.15, 0.2) is 5.65 Å². The summed E-state index contributed by atoms with van der Waals surface area (Å²) in [5.74, 6) is 1.96. The largest absolute Gasteiger partial charge is 0.357 e. The van der Waals surface area contributed by atoms with Gasteiger partial charge in [-0.3, -0.25) is 4.40 Å². The van der Waals surface area contributed by atoms with Gasteiger partial charge in [-0.25, -0.2) is 4.98 Å². The molecule has 0 amide bonds. The Kier molecular flexibility index (Phi) is 4.16. The number of piperidine rings is 1. The standard InChI is InChI=1S/C22H24N4/c1-4-7-17-16(3)18(14-23)21-24-19-8-5-6-9-20(19)26(21)22(17)25-12-10-15(2)11-13-25/h4-6,8-9,15H,1,7,10-13H2,2-3H3. The molecule has 0 unspecified atom stereocenters. The number of para-hydroxylation sites is 2. The summed E-state index contributed by atoms with van der Waals surface area (Å²) in [6.07, 6.45) is 5.08. The highest BCUT2D eigenvalue weighted by Crippen LogP contribution is 2.35. The number of hydrogen-bond donors (Lipinski definition) is 0. The molecule has 1 aromatic carbocycles. The van der Waals surface area contributed by atoms with Crippen LogP contribution in [-0.4, -0.2) is 22.5 Å². The highest BCUT2D eigenvalue weighted by atomic mass is 15.2. The fourth-order valence-electron chi connectivity index (χ4n) is 4.10. The van der Waals surface area contributed by atoms with Gasteiger partial charge in [0.2, 0.25) is 0 Å². The average Bonchev–Trinajstić information content (AvgIpc) is 3.02. The van der Waals surface area contributed by atoms with Gasteiger partial charge in [-0.15, -0.1) is 6.58 Å². The second-order valence-electron chi connectivity index (χ2n) is 7.34. The topological polar surface area (TPSA) is 44.3 Å². The summed E-state index contributed by atoms with van der Waals surface area (Å²) in [5.41, 5.74) is 5.68. The fourth-order valence-corrected chi connectivity index (χ4v) is 4.10. The molecular formula is C22H24N4. The molecule has 0 bridgehead atoms. The molecule has 26 heavy (non-hydrogen) atoms. The molecule has 4 rings (SSSR count). The van der Waals surface area contributed by atoms with Gasteiger partial charge in [0.1, 0.15) is 11.9 Å². The number of benzene rings is 1. The van der Waals surface area contributed by atoms with E-state index in [0.717, 1.165) is 47.7 Å². The Morgan fingerprint density at radius 3 is 2.73 bits per heavy atom. The number of nitriles is 1. The van der Waals surface area contributed by atoms with E-state index in [2.05, 4.69) is 34.9 Å². The molecule has 0 aliphatic carbocycles. The van der Waals surface area contributed by atoms with E-state index in [4.69, 9.17) is 4.98 Å². The van der Waals surface area contributed by atoms with Crippen LogP contribution in [0.5, 0.6) is 0 Å². The van der Waals surface area contributed by atoms with E-state index < -0.39 is 0 Å². The first-order valence-electron chi connectivity index (χ1n) is 9.34. The number of pyridine rings is 1. The maximum atomic E-state index is 9.83. The molecule has 0 atom stereocenters. The van der Waals surface area contributed by atoms with Crippen molar-refractivity contribution < 1.29 is 0 Å². The number of anilines is 1. The van der Waals surface area contributed by atoms with E-state index in [1.807, 2.05) is 31.2 Å². The molecule has 1 aliphatic heterocycles. The molecule has 0 radical (unpaired) electrons. The summed E-state index contributed by atoms with van der Waals surface area (Å²) in [4.78, 5) is 7.29. The third kappa shape index (κ3) is 2.47. The summed E-state index contributed by atoms with van der Waals surface area (Å²) < 4.78 is 2.20. The van der Waals surface area contributed by atoms with Gasteiger partial charge >= 0.3 is 0 Å². The lowest BCUT2D eigenvalue weighted by Crippen LogP contribution is -2.35. The summed E-state index contributed by atoms with van der Waals surface area (Å²) >= 11 is 0. The van der Waals surface area contributed by atoms with E-state index in [1.54, 1.807) is 0 Å². The van der Waals surface area contributed by atoms with Crippen molar-refractivity contribution in [1.29, 1.82) is 5.26 Å². The first-order chi connectivity index (χ1) is 12.7. The molecule has 1 aliphatic rings. The number of nitrogens with zero attached hydrogens (tertiary/aromatic N) is 4. The number of allylic oxidation sites excluding steroid dienone is 1. The molecule has 0 saturated carbocycles. The van der Waals surface area contributed by atoms with Crippen molar-refractivity contribution >= 4 is 22.5 Å². The number of rotatable bonds is 3. The highest BCUT2D eigenvalue weighted by molar-refractivity contribution is 5.86. The first kappa shape index (κ1) is 16.7. The number of fused-ring (bicyclic) bond motifs is 3. The predicted octanol–water partition coefficient (Wildman–Crippen LogP) is 4.63. The smallest absolute Gasteiger partial charge is 0.157 e. The van der Waals surface area contributed by atoms with E-state index in [1.165, 1.54) is 24.2 Å². The molecule has 1 saturated heterocycles. The zero-order chi connectivity index (χ0) is 18.3. The SMILES string of the molecule is C=CCc1c(C)c(C#N)c2nc3ccccc3n2c1N1CCC(C)CC1. The van der Waals surface area contributed by atoms with Gasteiger partial charge in [-0.2, -0.15) is 5.26 Å². The Labute approximate surface area is 154 Å². The second kappa shape index (κ2) is 6.49. The number of aromatic nitrogens is 2. The summed E-state index contributed by atoms with van der Waals surface area (Å²) in [7, 11) is 0. The summed E-state index contributed by atoms with van der Waals surface area (Å²) in [6, 6.07) is 10.6. The molecule has 4 heteroatoms. The molecule has 4 nitrogen and oxygen atoms in total. The van der Waals surface area contributed by atoms with Crippen LogP contribution in [0.15, 0.2) is 36.9 Å². The van der Waals surface area contributed by atoms with Gasteiger partial charge in [-0.1, -0.05) is 25.1 Å². The van der Waals surface area contributed by atoms with E-state index in [0.29, 0.717) is 5.56 Å². The van der Waals surface area contributed by atoms with Crippen LogP contribution in [0, 0.1) is 24.2 Å². The van der Waals surface area contributed by atoms with Crippen molar-refractivity contribution in [3.63, 3.8) is 0 Å². The predicted molar refractivity (Wildman–Crippen MR) is 107 cm³/mol. The van der Waals surface area contributed by atoms with Gasteiger partial charge in [0.05, 0.1) is 16.6 Å². The third-order valence-corrected chi connectivity index (χ3v) is 5.64. The molecule has 1 fully saturated rings. The van der Waals surface area contributed by atoms with Crippen LogP contribution in [0.25, 0.3) is 16.7 Å². The molecular weight excluding hydrogens is 320 g/mol. The van der Waals surface area contributed by atoms with E-state index in [9.17, 15) is 5.26 Å². The summed E-state index contributed by atoms with van der Waals surface area (Å²) in [6.45, 7) is 10.4. The minimum atomic E-state index is 0.673. The minimum absolute atomic E-state index is 0.673. The normalized spacial score (nSPS) is 15.5. The van der Waals surface area contributed by atoms with Crippen molar-refractivity contribution in [3.8, 4) is 6.07 Å². The van der Waals surface area contributed by atoms with Crippen molar-refractivity contribution in [2.45, 2.75) is 33.1 Å². The minimum Gasteiger partial charge on any atom is -0.357 e. The zero-order valence-electron chi connectivity index (χ0n) is 15.5. The van der Waals surface area contributed by atoms with Crippen LogP contribution >= 0.6 is 0 Å².